The number of hydrogen-bond donors (Lipinski definition) is 0. The number of hydrogen-bond acceptors (Lipinski definition) is 1. The van der Waals surface area contributed by atoms with Crippen molar-refractivity contribution in [2.24, 2.45) is 0 Å². The average Bonchev–Trinajstić information content (AvgIpc) is 3.13. The molecule has 1 saturated carbocycles. The fraction of sp³-hybridized carbons (Fsp3) is 0. The minimum Gasteiger partial charge on any atom is -0.289 e. The monoisotopic (exact) mass is 296 g/mol. The number of ketones is 1. The van der Waals surface area contributed by atoms with Crippen molar-refractivity contribution < 1.29 is 9.21 Å². The number of carbonyl (C=O) groups excluding carboxylic acids is 1. The number of carbonyl (C=O) groups is 1. The molecule has 5 rings (SSSR count). The summed E-state index contributed by atoms with van der Waals surface area (Å²) >= 11 is 0. The summed E-state index contributed by atoms with van der Waals surface area (Å²) in [5.74, 6) is 2.71. The van der Waals surface area contributed by atoms with E-state index in [-0.39, 0.29) is 5.78 Å². The van der Waals surface area contributed by atoms with E-state index in [2.05, 4.69) is 0 Å². The summed E-state index contributed by atoms with van der Waals surface area (Å²) in [6.45, 7) is 0. The molecular weight excluding hydrogens is 284 g/mol. The van der Waals surface area contributed by atoms with Crippen molar-refractivity contribution in [3.05, 3.63) is 97.0 Å². The first-order valence-electron chi connectivity index (χ1n) is 7.59. The first-order valence-corrected chi connectivity index (χ1v) is 7.59. The van der Waals surface area contributed by atoms with Gasteiger partial charge in [0.1, 0.15) is 5.92 Å². The molecule has 0 spiro atoms. The average molecular weight is 296 g/mol. The summed E-state index contributed by atoms with van der Waals surface area (Å²) in [5.41, 5.74) is 2.29. The first-order chi connectivity index (χ1) is 11.3. The highest BCUT2D eigenvalue weighted by Gasteiger charge is 2.36. The molecule has 5 radical (unpaired) electrons. The van der Waals surface area contributed by atoms with Gasteiger partial charge in [-0.1, -0.05) is 36.4 Å². The van der Waals surface area contributed by atoms with E-state index in [1.54, 1.807) is 0 Å². The molecule has 0 atom stereocenters. The molecule has 1 fully saturated rings. The molecule has 1 heterocycles. The highest BCUT2D eigenvalue weighted by molar-refractivity contribution is 6.24. The van der Waals surface area contributed by atoms with Crippen molar-refractivity contribution in [1.82, 2.24) is 0 Å². The first kappa shape index (κ1) is 13.0. The summed E-state index contributed by atoms with van der Waals surface area (Å²) in [4.78, 5) is 12.8. The van der Waals surface area contributed by atoms with Crippen molar-refractivity contribution >= 4 is 16.6 Å². The van der Waals surface area contributed by atoms with Gasteiger partial charge in [0.25, 0.3) is 0 Å². The van der Waals surface area contributed by atoms with E-state index in [1.807, 2.05) is 74.2 Å². The summed E-state index contributed by atoms with van der Waals surface area (Å²) < 4.78 is 6.24. The van der Waals surface area contributed by atoms with E-state index in [4.69, 9.17) is 4.42 Å². The van der Waals surface area contributed by atoms with Crippen molar-refractivity contribution in [2.75, 3.05) is 0 Å². The minimum absolute atomic E-state index is 0.0648. The molecule has 2 aromatic carbocycles. The molecule has 3 aromatic rings. The molecule has 1 aromatic heterocycles. The summed E-state index contributed by atoms with van der Waals surface area (Å²) in [6.07, 6.45) is 8.05. The van der Waals surface area contributed by atoms with E-state index in [1.165, 1.54) is 0 Å². The van der Waals surface area contributed by atoms with Crippen LogP contribution in [-0.4, -0.2) is 5.78 Å². The molecule has 0 bridgehead atoms. The lowest BCUT2D eigenvalue weighted by Crippen LogP contribution is -2.10. The van der Waals surface area contributed by atoms with Gasteiger partial charge in [-0.05, 0) is 31.7 Å². The van der Waals surface area contributed by atoms with E-state index in [0.29, 0.717) is 11.1 Å². The second-order valence-electron chi connectivity index (χ2n) is 5.76. The Morgan fingerprint density at radius 1 is 0.783 bits per heavy atom. The normalized spacial score (nSPS) is 16.8. The standard InChI is InChI=1S/C21H12O2/c22-20-15-9-3-4-10-16(15)21-19-14(8-5-11-17(19)20)12-18(23-21)13-6-1-2-7-13/h1-12H/q+1. The highest BCUT2D eigenvalue weighted by atomic mass is 16.3. The molecule has 107 valence electrons. The van der Waals surface area contributed by atoms with Gasteiger partial charge >= 0.3 is 11.5 Å². The van der Waals surface area contributed by atoms with Crippen LogP contribution >= 0.6 is 0 Å². The van der Waals surface area contributed by atoms with Crippen molar-refractivity contribution in [3.8, 4) is 11.3 Å². The van der Waals surface area contributed by atoms with Crippen molar-refractivity contribution in [2.45, 2.75) is 0 Å². The summed E-state index contributed by atoms with van der Waals surface area (Å²) in [5, 5.41) is 1.94. The van der Waals surface area contributed by atoms with Crippen LogP contribution in [0.1, 0.15) is 21.7 Å². The maximum Gasteiger partial charge on any atom is 0.369 e. The molecule has 0 aliphatic heterocycles. The fourth-order valence-corrected chi connectivity index (χ4v) is 3.36. The zero-order valence-corrected chi connectivity index (χ0v) is 12.2. The molecule has 0 amide bonds. The third kappa shape index (κ3) is 1.81. The molecule has 2 aliphatic rings. The van der Waals surface area contributed by atoms with Gasteiger partial charge in [0.05, 0.1) is 10.9 Å². The summed E-state index contributed by atoms with van der Waals surface area (Å²) in [7, 11) is 0. The van der Waals surface area contributed by atoms with Gasteiger partial charge in [0.15, 0.2) is 5.78 Å². The van der Waals surface area contributed by atoms with Gasteiger partial charge in [-0.15, -0.1) is 0 Å². The van der Waals surface area contributed by atoms with E-state index in [9.17, 15) is 4.79 Å². The van der Waals surface area contributed by atoms with E-state index >= 15 is 0 Å². The zero-order valence-electron chi connectivity index (χ0n) is 12.2. The van der Waals surface area contributed by atoms with Crippen LogP contribution in [0, 0.1) is 31.6 Å². The predicted octanol–water partition coefficient (Wildman–Crippen LogP) is 4.68. The fourth-order valence-electron chi connectivity index (χ4n) is 3.36. The van der Waals surface area contributed by atoms with Crippen LogP contribution in [0.5, 0.6) is 0 Å². The van der Waals surface area contributed by atoms with Crippen LogP contribution in [0.25, 0.3) is 22.1 Å². The highest BCUT2D eigenvalue weighted by Crippen LogP contribution is 2.42. The lowest BCUT2D eigenvalue weighted by atomic mass is 9.86. The van der Waals surface area contributed by atoms with Crippen molar-refractivity contribution in [3.63, 3.8) is 0 Å². The summed E-state index contributed by atoms with van der Waals surface area (Å²) in [6, 6.07) is 15.5. The second kappa shape index (κ2) is 4.76. The topological polar surface area (TPSA) is 28.4 Å². The lowest BCUT2D eigenvalue weighted by Gasteiger charge is -2.13. The Balaban J connectivity index is 1.87. The van der Waals surface area contributed by atoms with E-state index in [0.717, 1.165) is 33.8 Å². The molecule has 23 heavy (non-hydrogen) atoms. The van der Waals surface area contributed by atoms with Gasteiger partial charge in [-0.3, -0.25) is 4.79 Å². The Kier molecular flexibility index (Phi) is 2.69. The Morgan fingerprint density at radius 3 is 2.35 bits per heavy atom. The van der Waals surface area contributed by atoms with Crippen LogP contribution in [0.15, 0.2) is 52.9 Å². The van der Waals surface area contributed by atoms with Crippen LogP contribution in [0.4, 0.5) is 0 Å². The van der Waals surface area contributed by atoms with Gasteiger partial charge in [0, 0.05) is 22.6 Å². The number of benzene rings is 2. The lowest BCUT2D eigenvalue weighted by molar-refractivity contribution is 0.103. The number of fused-ring (bicyclic) bond motifs is 2. The van der Waals surface area contributed by atoms with Crippen LogP contribution in [0.2, 0.25) is 0 Å². The quantitative estimate of drug-likeness (QED) is 0.477. The Morgan fingerprint density at radius 2 is 1.52 bits per heavy atom. The van der Waals surface area contributed by atoms with Gasteiger partial charge in [-0.2, -0.15) is 0 Å². The SMILES string of the molecule is O=C1c2ccccc2-c2[o+]c([C]3[CH][CH][CH][CH]3)cc3cccc1c23. The van der Waals surface area contributed by atoms with Gasteiger partial charge in [0.2, 0.25) is 0 Å². The maximum absolute atomic E-state index is 12.8. The molecule has 0 unspecified atom stereocenters. The molecule has 2 nitrogen and oxygen atoms in total. The van der Waals surface area contributed by atoms with Gasteiger partial charge < -0.3 is 0 Å². The van der Waals surface area contributed by atoms with Crippen molar-refractivity contribution in [1.29, 1.82) is 0 Å². The van der Waals surface area contributed by atoms with E-state index < -0.39 is 0 Å². The van der Waals surface area contributed by atoms with Crippen LogP contribution in [0.3, 0.4) is 0 Å². The Labute approximate surface area is 134 Å². The third-order valence-electron chi connectivity index (χ3n) is 4.43. The Bertz CT molecular complexity index is 949. The third-order valence-corrected chi connectivity index (χ3v) is 4.43. The smallest absolute Gasteiger partial charge is 0.289 e. The Hall–Kier alpha value is -2.48. The maximum atomic E-state index is 12.8. The molecule has 0 saturated heterocycles. The van der Waals surface area contributed by atoms with Gasteiger partial charge in [-0.25, -0.2) is 4.42 Å². The van der Waals surface area contributed by atoms with Crippen LogP contribution < -0.4 is 0 Å². The molecule has 2 heteroatoms. The minimum atomic E-state index is 0.0648. The zero-order chi connectivity index (χ0) is 15.4. The number of rotatable bonds is 1. The molecule has 2 aliphatic carbocycles. The molecule has 0 N–H and O–H groups in total. The van der Waals surface area contributed by atoms with Crippen LogP contribution in [-0.2, 0) is 0 Å². The largest absolute Gasteiger partial charge is 0.369 e. The predicted molar refractivity (Wildman–Crippen MR) is 89.0 cm³/mol. The molecular formula is C21H12O2+. The second-order valence-corrected chi connectivity index (χ2v) is 5.76.